The molecular formula is C13H15Br2ClN2O. The normalized spacial score (nSPS) is 16.7. The third-order valence-corrected chi connectivity index (χ3v) is 4.47. The van der Waals surface area contributed by atoms with Crippen LogP contribution in [0.15, 0.2) is 22.7 Å². The predicted molar refractivity (Wildman–Crippen MR) is 85.3 cm³/mol. The van der Waals surface area contributed by atoms with Crippen molar-refractivity contribution in [2.75, 3.05) is 38.1 Å². The van der Waals surface area contributed by atoms with Crippen molar-refractivity contribution in [3.8, 4) is 0 Å². The summed E-state index contributed by atoms with van der Waals surface area (Å²) in [6, 6.07) is 5.29. The van der Waals surface area contributed by atoms with Gasteiger partial charge in [-0.2, -0.15) is 0 Å². The topological polar surface area (TPSA) is 23.6 Å². The summed E-state index contributed by atoms with van der Waals surface area (Å²) in [7, 11) is 0. The minimum absolute atomic E-state index is 0.0713. The van der Waals surface area contributed by atoms with Crippen LogP contribution in [0.1, 0.15) is 10.4 Å². The SMILES string of the molecule is O=C(c1ccc(Cl)cc1Br)N1CCN(CCBr)CC1. The van der Waals surface area contributed by atoms with Crippen molar-refractivity contribution in [3.05, 3.63) is 33.3 Å². The number of alkyl halides is 1. The van der Waals surface area contributed by atoms with Crippen molar-refractivity contribution >= 4 is 49.4 Å². The maximum Gasteiger partial charge on any atom is 0.255 e. The number of carbonyl (C=O) groups excluding carboxylic acids is 1. The average Bonchev–Trinajstić information content (AvgIpc) is 2.39. The van der Waals surface area contributed by atoms with Gasteiger partial charge in [-0.1, -0.05) is 27.5 Å². The number of benzene rings is 1. The Labute approximate surface area is 135 Å². The van der Waals surface area contributed by atoms with E-state index in [4.69, 9.17) is 11.6 Å². The molecule has 1 amide bonds. The quantitative estimate of drug-likeness (QED) is 0.715. The zero-order valence-electron chi connectivity index (χ0n) is 10.4. The van der Waals surface area contributed by atoms with Crippen molar-refractivity contribution < 1.29 is 4.79 Å². The first-order valence-electron chi connectivity index (χ1n) is 6.14. The molecule has 3 nitrogen and oxygen atoms in total. The molecule has 0 N–H and O–H groups in total. The molecule has 1 fully saturated rings. The fourth-order valence-electron chi connectivity index (χ4n) is 2.13. The number of piperazine rings is 1. The molecule has 0 saturated carbocycles. The second-order valence-corrected chi connectivity index (χ2v) is 6.53. The van der Waals surface area contributed by atoms with Gasteiger partial charge in [-0.3, -0.25) is 9.69 Å². The number of halogens is 3. The number of hydrogen-bond donors (Lipinski definition) is 0. The molecule has 0 unspecified atom stereocenters. The van der Waals surface area contributed by atoms with Gasteiger partial charge in [0.15, 0.2) is 0 Å². The van der Waals surface area contributed by atoms with Crippen molar-refractivity contribution in [2.45, 2.75) is 0 Å². The zero-order chi connectivity index (χ0) is 13.8. The monoisotopic (exact) mass is 408 g/mol. The maximum atomic E-state index is 12.4. The van der Waals surface area contributed by atoms with Gasteiger partial charge in [0.25, 0.3) is 5.91 Å². The van der Waals surface area contributed by atoms with Gasteiger partial charge in [0, 0.05) is 47.5 Å². The molecule has 1 heterocycles. The Hall–Kier alpha value is -0.100. The van der Waals surface area contributed by atoms with Crippen LogP contribution in [0.25, 0.3) is 0 Å². The highest BCUT2D eigenvalue weighted by atomic mass is 79.9. The van der Waals surface area contributed by atoms with Crippen LogP contribution in [-0.2, 0) is 0 Å². The Morgan fingerprint density at radius 2 is 1.95 bits per heavy atom. The van der Waals surface area contributed by atoms with E-state index in [1.54, 1.807) is 18.2 Å². The van der Waals surface area contributed by atoms with E-state index in [0.29, 0.717) is 10.6 Å². The van der Waals surface area contributed by atoms with E-state index in [1.807, 2.05) is 4.90 Å². The molecule has 0 bridgehead atoms. The Balaban J connectivity index is 2.01. The van der Waals surface area contributed by atoms with Crippen LogP contribution in [0.3, 0.4) is 0 Å². The fourth-order valence-corrected chi connectivity index (χ4v) is 3.48. The lowest BCUT2D eigenvalue weighted by Gasteiger charge is -2.34. The lowest BCUT2D eigenvalue weighted by molar-refractivity contribution is 0.0644. The number of carbonyl (C=O) groups is 1. The van der Waals surface area contributed by atoms with Crippen molar-refractivity contribution in [1.82, 2.24) is 9.80 Å². The highest BCUT2D eigenvalue weighted by Crippen LogP contribution is 2.23. The second kappa shape index (κ2) is 7.07. The summed E-state index contributed by atoms with van der Waals surface area (Å²) in [5, 5.41) is 1.61. The van der Waals surface area contributed by atoms with E-state index < -0.39 is 0 Å². The minimum atomic E-state index is 0.0713. The van der Waals surface area contributed by atoms with Gasteiger partial charge in [0.1, 0.15) is 0 Å². The van der Waals surface area contributed by atoms with E-state index >= 15 is 0 Å². The van der Waals surface area contributed by atoms with Gasteiger partial charge in [0.2, 0.25) is 0 Å². The summed E-state index contributed by atoms with van der Waals surface area (Å²) < 4.78 is 0.757. The van der Waals surface area contributed by atoms with Gasteiger partial charge in [-0.15, -0.1) is 0 Å². The first kappa shape index (κ1) is 15.3. The van der Waals surface area contributed by atoms with Gasteiger partial charge in [0.05, 0.1) is 5.56 Å². The molecule has 0 aromatic heterocycles. The molecule has 0 aliphatic carbocycles. The van der Waals surface area contributed by atoms with Gasteiger partial charge in [-0.25, -0.2) is 0 Å². The van der Waals surface area contributed by atoms with Crippen LogP contribution in [0.5, 0.6) is 0 Å². The van der Waals surface area contributed by atoms with Crippen LogP contribution < -0.4 is 0 Å². The third-order valence-electron chi connectivity index (χ3n) is 3.22. The Bertz CT molecular complexity index is 462. The average molecular weight is 411 g/mol. The molecule has 6 heteroatoms. The summed E-state index contributed by atoms with van der Waals surface area (Å²) in [6.07, 6.45) is 0. The molecular weight excluding hydrogens is 395 g/mol. The largest absolute Gasteiger partial charge is 0.336 e. The van der Waals surface area contributed by atoms with Crippen LogP contribution in [0.2, 0.25) is 5.02 Å². The van der Waals surface area contributed by atoms with Crippen molar-refractivity contribution in [1.29, 1.82) is 0 Å². The minimum Gasteiger partial charge on any atom is -0.336 e. The summed E-state index contributed by atoms with van der Waals surface area (Å²) >= 11 is 12.7. The summed E-state index contributed by atoms with van der Waals surface area (Å²) in [5.74, 6) is 0.0713. The van der Waals surface area contributed by atoms with E-state index in [-0.39, 0.29) is 5.91 Å². The third kappa shape index (κ3) is 3.94. The summed E-state index contributed by atoms with van der Waals surface area (Å²) in [4.78, 5) is 16.7. The van der Waals surface area contributed by atoms with Crippen LogP contribution >= 0.6 is 43.5 Å². The zero-order valence-corrected chi connectivity index (χ0v) is 14.3. The molecule has 1 saturated heterocycles. The molecule has 104 valence electrons. The van der Waals surface area contributed by atoms with Gasteiger partial charge >= 0.3 is 0 Å². The first-order chi connectivity index (χ1) is 9.11. The number of rotatable bonds is 3. The Morgan fingerprint density at radius 1 is 1.26 bits per heavy atom. The van der Waals surface area contributed by atoms with E-state index in [1.165, 1.54) is 0 Å². The Morgan fingerprint density at radius 3 is 2.53 bits per heavy atom. The highest BCUT2D eigenvalue weighted by Gasteiger charge is 2.23. The molecule has 1 aliphatic rings. The maximum absolute atomic E-state index is 12.4. The van der Waals surface area contributed by atoms with Gasteiger partial charge < -0.3 is 4.90 Å². The highest BCUT2D eigenvalue weighted by molar-refractivity contribution is 9.10. The van der Waals surface area contributed by atoms with E-state index in [9.17, 15) is 4.79 Å². The molecule has 19 heavy (non-hydrogen) atoms. The lowest BCUT2D eigenvalue weighted by atomic mass is 10.2. The van der Waals surface area contributed by atoms with Crippen LogP contribution in [0.4, 0.5) is 0 Å². The van der Waals surface area contributed by atoms with E-state index in [0.717, 1.165) is 42.5 Å². The molecule has 1 aromatic rings. The second-order valence-electron chi connectivity index (χ2n) is 4.45. The smallest absolute Gasteiger partial charge is 0.255 e. The molecule has 1 aliphatic heterocycles. The molecule has 0 spiro atoms. The molecule has 0 radical (unpaired) electrons. The van der Waals surface area contributed by atoms with Crippen molar-refractivity contribution in [2.24, 2.45) is 0 Å². The predicted octanol–water partition coefficient (Wildman–Crippen LogP) is 3.26. The van der Waals surface area contributed by atoms with Crippen LogP contribution in [-0.4, -0.2) is 53.8 Å². The summed E-state index contributed by atoms with van der Waals surface area (Å²) in [5.41, 5.74) is 0.679. The van der Waals surface area contributed by atoms with Crippen LogP contribution in [0, 0.1) is 0 Å². The van der Waals surface area contributed by atoms with E-state index in [2.05, 4.69) is 36.8 Å². The number of nitrogens with zero attached hydrogens (tertiary/aromatic N) is 2. The fraction of sp³-hybridized carbons (Fsp3) is 0.462. The number of amides is 1. The first-order valence-corrected chi connectivity index (χ1v) is 8.43. The number of hydrogen-bond acceptors (Lipinski definition) is 2. The van der Waals surface area contributed by atoms with Crippen molar-refractivity contribution in [3.63, 3.8) is 0 Å². The lowest BCUT2D eigenvalue weighted by Crippen LogP contribution is -2.49. The molecule has 0 atom stereocenters. The summed E-state index contributed by atoms with van der Waals surface area (Å²) in [6.45, 7) is 4.46. The molecule has 1 aromatic carbocycles. The molecule has 2 rings (SSSR count). The Kier molecular flexibility index (Phi) is 5.69. The standard InChI is InChI=1S/C13H15Br2ClN2O/c14-3-4-17-5-7-18(8-6-17)13(19)11-2-1-10(16)9-12(11)15/h1-2,9H,3-8H2. The van der Waals surface area contributed by atoms with Gasteiger partial charge in [-0.05, 0) is 34.1 Å².